The van der Waals surface area contributed by atoms with E-state index in [2.05, 4.69) is 21.2 Å². The smallest absolute Gasteiger partial charge is 0.326 e. The third-order valence-corrected chi connectivity index (χ3v) is 3.81. The maximum absolute atomic E-state index is 12.2. The third-order valence-electron chi connectivity index (χ3n) is 3.16. The van der Waals surface area contributed by atoms with Crippen molar-refractivity contribution in [3.05, 3.63) is 33.8 Å². The lowest BCUT2D eigenvalue weighted by Gasteiger charge is -2.21. The fourth-order valence-corrected chi connectivity index (χ4v) is 2.55. The maximum Gasteiger partial charge on any atom is 0.326 e. The standard InChI is InChI=1S/C16H22BrNO3/c1-10-5-6-11(12(17)9-10)14(19)18-13(15(20)21)7-8-16(2,3)4/h5-6,9,13H,7-8H2,1-4H3,(H,18,19)(H,20,21). The van der Waals surface area contributed by atoms with Crippen molar-refractivity contribution >= 4 is 27.8 Å². The molecule has 0 spiro atoms. The lowest BCUT2D eigenvalue weighted by atomic mass is 9.88. The lowest BCUT2D eigenvalue weighted by molar-refractivity contribution is -0.139. The van der Waals surface area contributed by atoms with Crippen molar-refractivity contribution in [2.24, 2.45) is 5.41 Å². The number of carboxylic acid groups (broad SMARTS) is 1. The van der Waals surface area contributed by atoms with Gasteiger partial charge in [0.2, 0.25) is 0 Å². The van der Waals surface area contributed by atoms with Crippen LogP contribution in [0.3, 0.4) is 0 Å². The van der Waals surface area contributed by atoms with Crippen molar-refractivity contribution in [3.8, 4) is 0 Å². The summed E-state index contributed by atoms with van der Waals surface area (Å²) in [6, 6.07) is 4.48. The van der Waals surface area contributed by atoms with Crippen molar-refractivity contribution < 1.29 is 14.7 Å². The third kappa shape index (κ3) is 5.87. The Morgan fingerprint density at radius 2 is 1.95 bits per heavy atom. The summed E-state index contributed by atoms with van der Waals surface area (Å²) in [4.78, 5) is 23.5. The first-order chi connectivity index (χ1) is 9.60. The SMILES string of the molecule is Cc1ccc(C(=O)NC(CCC(C)(C)C)C(=O)O)c(Br)c1. The van der Waals surface area contributed by atoms with Crippen LogP contribution in [0.5, 0.6) is 0 Å². The Kier molecular flexibility index (Phi) is 5.96. The van der Waals surface area contributed by atoms with Crippen LogP contribution in [0, 0.1) is 12.3 Å². The van der Waals surface area contributed by atoms with Crippen LogP contribution >= 0.6 is 15.9 Å². The van der Waals surface area contributed by atoms with E-state index in [0.717, 1.165) is 12.0 Å². The van der Waals surface area contributed by atoms with Gasteiger partial charge < -0.3 is 10.4 Å². The molecule has 2 N–H and O–H groups in total. The Morgan fingerprint density at radius 3 is 2.43 bits per heavy atom. The van der Waals surface area contributed by atoms with Gasteiger partial charge in [-0.05, 0) is 58.8 Å². The molecule has 0 heterocycles. The fraction of sp³-hybridized carbons (Fsp3) is 0.500. The van der Waals surface area contributed by atoms with Gasteiger partial charge in [-0.15, -0.1) is 0 Å². The van der Waals surface area contributed by atoms with E-state index >= 15 is 0 Å². The molecular weight excluding hydrogens is 334 g/mol. The highest BCUT2D eigenvalue weighted by molar-refractivity contribution is 9.10. The van der Waals surface area contributed by atoms with E-state index < -0.39 is 12.0 Å². The number of aliphatic carboxylic acids is 1. The summed E-state index contributed by atoms with van der Waals surface area (Å²) in [6.45, 7) is 8.06. The van der Waals surface area contributed by atoms with Gasteiger partial charge in [-0.2, -0.15) is 0 Å². The molecule has 1 unspecified atom stereocenters. The van der Waals surface area contributed by atoms with Crippen LogP contribution in [0.1, 0.15) is 49.5 Å². The highest BCUT2D eigenvalue weighted by atomic mass is 79.9. The van der Waals surface area contributed by atoms with Crippen molar-refractivity contribution in [1.29, 1.82) is 0 Å². The Bertz CT molecular complexity index is 535. The monoisotopic (exact) mass is 355 g/mol. The molecule has 0 aromatic heterocycles. The summed E-state index contributed by atoms with van der Waals surface area (Å²) < 4.78 is 0.667. The largest absolute Gasteiger partial charge is 0.480 e. The molecule has 5 heteroatoms. The molecule has 1 rings (SSSR count). The molecule has 0 saturated heterocycles. The number of rotatable bonds is 5. The molecule has 0 bridgehead atoms. The predicted octanol–water partition coefficient (Wildman–Crippen LogP) is 3.77. The zero-order valence-electron chi connectivity index (χ0n) is 12.9. The van der Waals surface area contributed by atoms with Gasteiger partial charge in [-0.25, -0.2) is 4.79 Å². The lowest BCUT2D eigenvalue weighted by Crippen LogP contribution is -2.41. The first-order valence-corrected chi connectivity index (χ1v) is 7.69. The topological polar surface area (TPSA) is 66.4 Å². The van der Waals surface area contributed by atoms with Gasteiger partial charge in [0, 0.05) is 4.47 Å². The number of carbonyl (C=O) groups is 2. The van der Waals surface area contributed by atoms with E-state index in [-0.39, 0.29) is 11.3 Å². The van der Waals surface area contributed by atoms with Crippen molar-refractivity contribution in [3.63, 3.8) is 0 Å². The second-order valence-electron chi connectivity index (χ2n) is 6.45. The highest BCUT2D eigenvalue weighted by Gasteiger charge is 2.23. The quantitative estimate of drug-likeness (QED) is 0.844. The van der Waals surface area contributed by atoms with Gasteiger partial charge in [0.25, 0.3) is 5.91 Å². The number of hydrogen-bond acceptors (Lipinski definition) is 2. The number of benzene rings is 1. The van der Waals surface area contributed by atoms with Gasteiger partial charge in [0.05, 0.1) is 5.56 Å². The van der Waals surface area contributed by atoms with E-state index in [9.17, 15) is 14.7 Å². The van der Waals surface area contributed by atoms with E-state index in [4.69, 9.17) is 0 Å². The number of aryl methyl sites for hydroxylation is 1. The first-order valence-electron chi connectivity index (χ1n) is 6.90. The number of hydrogen-bond donors (Lipinski definition) is 2. The predicted molar refractivity (Wildman–Crippen MR) is 86.5 cm³/mol. The molecular formula is C16H22BrNO3. The number of amides is 1. The molecule has 0 aliphatic heterocycles. The molecule has 0 fully saturated rings. The minimum Gasteiger partial charge on any atom is -0.480 e. The average molecular weight is 356 g/mol. The summed E-state index contributed by atoms with van der Waals surface area (Å²) in [5.74, 6) is -1.38. The summed E-state index contributed by atoms with van der Waals surface area (Å²) in [6.07, 6.45) is 1.13. The van der Waals surface area contributed by atoms with E-state index in [0.29, 0.717) is 16.5 Å². The van der Waals surface area contributed by atoms with Gasteiger partial charge in [0.15, 0.2) is 0 Å². The van der Waals surface area contributed by atoms with Crippen LogP contribution in [-0.2, 0) is 4.79 Å². The molecule has 0 aliphatic rings. The fourth-order valence-electron chi connectivity index (χ4n) is 1.88. The Labute approximate surface area is 134 Å². The molecule has 21 heavy (non-hydrogen) atoms. The zero-order chi connectivity index (χ0) is 16.2. The molecule has 1 atom stereocenters. The molecule has 0 aliphatic carbocycles. The molecule has 0 radical (unpaired) electrons. The van der Waals surface area contributed by atoms with E-state index in [1.807, 2.05) is 39.8 Å². The number of carboxylic acids is 1. The van der Waals surface area contributed by atoms with Gasteiger partial charge >= 0.3 is 5.97 Å². The molecule has 4 nitrogen and oxygen atoms in total. The first kappa shape index (κ1) is 17.7. The van der Waals surface area contributed by atoms with Crippen LogP contribution in [-0.4, -0.2) is 23.0 Å². The summed E-state index contributed by atoms with van der Waals surface area (Å²) in [5, 5.41) is 11.9. The van der Waals surface area contributed by atoms with Crippen LogP contribution in [0.2, 0.25) is 0 Å². The molecule has 1 aromatic carbocycles. The second-order valence-corrected chi connectivity index (χ2v) is 7.30. The highest BCUT2D eigenvalue weighted by Crippen LogP contribution is 2.22. The molecule has 0 saturated carbocycles. The summed E-state index contributed by atoms with van der Waals surface area (Å²) in [5.41, 5.74) is 1.51. The average Bonchev–Trinajstić information content (AvgIpc) is 2.32. The van der Waals surface area contributed by atoms with E-state index in [1.165, 1.54) is 0 Å². The van der Waals surface area contributed by atoms with Crippen molar-refractivity contribution in [2.45, 2.75) is 46.6 Å². The van der Waals surface area contributed by atoms with Gasteiger partial charge in [-0.1, -0.05) is 26.8 Å². The van der Waals surface area contributed by atoms with Gasteiger partial charge in [0.1, 0.15) is 6.04 Å². The molecule has 116 valence electrons. The van der Waals surface area contributed by atoms with Crippen molar-refractivity contribution in [2.75, 3.05) is 0 Å². The molecule has 1 aromatic rings. The molecule has 1 amide bonds. The van der Waals surface area contributed by atoms with Crippen molar-refractivity contribution in [1.82, 2.24) is 5.32 Å². The normalized spacial score (nSPS) is 12.8. The second kappa shape index (κ2) is 7.07. The Balaban J connectivity index is 2.79. The van der Waals surface area contributed by atoms with Crippen LogP contribution in [0.15, 0.2) is 22.7 Å². The van der Waals surface area contributed by atoms with Crippen LogP contribution < -0.4 is 5.32 Å². The Hall–Kier alpha value is -1.36. The maximum atomic E-state index is 12.2. The number of nitrogens with one attached hydrogen (secondary N) is 1. The minimum absolute atomic E-state index is 0.0306. The summed E-state index contributed by atoms with van der Waals surface area (Å²) in [7, 11) is 0. The summed E-state index contributed by atoms with van der Waals surface area (Å²) >= 11 is 3.34. The van der Waals surface area contributed by atoms with Crippen LogP contribution in [0.25, 0.3) is 0 Å². The zero-order valence-corrected chi connectivity index (χ0v) is 14.5. The van der Waals surface area contributed by atoms with E-state index in [1.54, 1.807) is 6.07 Å². The number of halogens is 1. The van der Waals surface area contributed by atoms with Gasteiger partial charge in [-0.3, -0.25) is 4.79 Å². The Morgan fingerprint density at radius 1 is 1.33 bits per heavy atom. The number of carbonyl (C=O) groups excluding carboxylic acids is 1. The van der Waals surface area contributed by atoms with Crippen LogP contribution in [0.4, 0.5) is 0 Å². The minimum atomic E-state index is -1.00.